The smallest absolute Gasteiger partial charge is 0.489 e. The summed E-state index contributed by atoms with van der Waals surface area (Å²) in [5.41, 5.74) is 0.283. The third kappa shape index (κ3) is 3.41. The molecule has 0 amide bonds. The van der Waals surface area contributed by atoms with Crippen LogP contribution >= 0.6 is 0 Å². The van der Waals surface area contributed by atoms with Crippen LogP contribution < -0.4 is 9.47 Å². The number of hydrogen-bond acceptors (Lipinski definition) is 2. The fraction of sp³-hybridized carbons (Fsp3) is 0.600. The van der Waals surface area contributed by atoms with E-state index in [2.05, 4.69) is 4.74 Å². The molecule has 0 aromatic heterocycles. The Labute approximate surface area is 120 Å². The lowest BCUT2D eigenvalue weighted by molar-refractivity contribution is -0.276. The molecule has 1 aromatic carbocycles. The van der Waals surface area contributed by atoms with Crippen molar-refractivity contribution in [2.24, 2.45) is 5.92 Å². The van der Waals surface area contributed by atoms with Gasteiger partial charge in [0.25, 0.3) is 0 Å². The summed E-state index contributed by atoms with van der Waals surface area (Å²) < 4.78 is 60.9. The zero-order valence-electron chi connectivity index (χ0n) is 11.4. The predicted octanol–water partition coefficient (Wildman–Crippen LogP) is 4.78. The van der Waals surface area contributed by atoms with E-state index in [1.54, 1.807) is 0 Å². The molecule has 0 heterocycles. The molecule has 0 unspecified atom stereocenters. The van der Waals surface area contributed by atoms with Crippen LogP contribution in [0, 0.1) is 11.7 Å². The highest BCUT2D eigenvalue weighted by Crippen LogP contribution is 2.46. The zero-order valence-corrected chi connectivity index (χ0v) is 11.4. The number of hydrogen-bond donors (Lipinski definition) is 0. The average molecular weight is 304 g/mol. The molecule has 0 radical (unpaired) electrons. The Morgan fingerprint density at radius 3 is 2.33 bits per heavy atom. The van der Waals surface area contributed by atoms with Crippen molar-refractivity contribution in [3.05, 3.63) is 23.5 Å². The van der Waals surface area contributed by atoms with Crippen LogP contribution in [0.5, 0.6) is 11.5 Å². The average Bonchev–Trinajstić information content (AvgIpc) is 3.14. The van der Waals surface area contributed by atoms with Gasteiger partial charge in [-0.2, -0.15) is 0 Å². The van der Waals surface area contributed by atoms with Crippen molar-refractivity contribution >= 4 is 0 Å². The van der Waals surface area contributed by atoms with Crippen molar-refractivity contribution in [1.82, 2.24) is 0 Å². The monoisotopic (exact) mass is 304 g/mol. The molecule has 0 bridgehead atoms. The van der Waals surface area contributed by atoms with Crippen LogP contribution in [0.4, 0.5) is 17.6 Å². The molecule has 21 heavy (non-hydrogen) atoms. The summed E-state index contributed by atoms with van der Waals surface area (Å²) in [4.78, 5) is 0. The summed E-state index contributed by atoms with van der Waals surface area (Å²) in [6.45, 7) is 0.302. The first-order valence-electron chi connectivity index (χ1n) is 7.15. The van der Waals surface area contributed by atoms with Crippen LogP contribution in [-0.2, 0) is 0 Å². The highest BCUT2D eigenvalue weighted by atomic mass is 19.4. The first kappa shape index (κ1) is 14.5. The molecule has 0 N–H and O–H groups in total. The molecular weight excluding hydrogens is 288 g/mol. The van der Waals surface area contributed by atoms with E-state index < -0.39 is 17.9 Å². The minimum Gasteiger partial charge on any atom is -0.489 e. The minimum absolute atomic E-state index is 0.00117. The van der Waals surface area contributed by atoms with Crippen LogP contribution in [0.25, 0.3) is 0 Å². The molecule has 1 aromatic rings. The van der Waals surface area contributed by atoms with E-state index in [0.717, 1.165) is 32.1 Å². The molecule has 2 saturated carbocycles. The highest BCUT2D eigenvalue weighted by Gasteiger charge is 2.37. The molecule has 0 aliphatic heterocycles. The quantitative estimate of drug-likeness (QED) is 0.729. The molecule has 0 spiro atoms. The molecule has 2 nitrogen and oxygen atoms in total. The summed E-state index contributed by atoms with van der Waals surface area (Å²) in [5.74, 6) is -1.59. The third-order valence-electron chi connectivity index (χ3n) is 4.03. The van der Waals surface area contributed by atoms with Crippen molar-refractivity contribution in [3.63, 3.8) is 0 Å². The Morgan fingerprint density at radius 1 is 1.10 bits per heavy atom. The Bertz CT molecular complexity index is 519. The molecule has 0 atom stereocenters. The van der Waals surface area contributed by atoms with Crippen molar-refractivity contribution in [2.45, 2.75) is 44.4 Å². The van der Waals surface area contributed by atoms with E-state index in [1.165, 1.54) is 12.1 Å². The van der Waals surface area contributed by atoms with Crippen LogP contribution in [0.2, 0.25) is 0 Å². The van der Waals surface area contributed by atoms with Gasteiger partial charge in [-0.15, -0.1) is 13.2 Å². The van der Waals surface area contributed by atoms with Crippen molar-refractivity contribution in [3.8, 4) is 11.5 Å². The van der Waals surface area contributed by atoms with Gasteiger partial charge in [0.1, 0.15) is 0 Å². The predicted molar refractivity (Wildman–Crippen MR) is 67.9 cm³/mol. The second-order valence-electron chi connectivity index (χ2n) is 5.73. The van der Waals surface area contributed by atoms with E-state index in [-0.39, 0.29) is 17.2 Å². The number of alkyl halides is 3. The van der Waals surface area contributed by atoms with Gasteiger partial charge in [0.15, 0.2) is 11.6 Å². The first-order chi connectivity index (χ1) is 9.94. The summed E-state index contributed by atoms with van der Waals surface area (Å²) in [5, 5.41) is 0. The van der Waals surface area contributed by atoms with Crippen molar-refractivity contribution in [2.75, 3.05) is 6.61 Å². The fourth-order valence-corrected chi connectivity index (χ4v) is 2.45. The topological polar surface area (TPSA) is 18.5 Å². The van der Waals surface area contributed by atoms with Gasteiger partial charge < -0.3 is 9.47 Å². The lowest BCUT2D eigenvalue weighted by Crippen LogP contribution is -2.22. The summed E-state index contributed by atoms with van der Waals surface area (Å²) in [7, 11) is 0. The summed E-state index contributed by atoms with van der Waals surface area (Å²) >= 11 is 0. The van der Waals surface area contributed by atoms with Gasteiger partial charge in [-0.3, -0.25) is 0 Å². The zero-order chi connectivity index (χ0) is 15.0. The summed E-state index contributed by atoms with van der Waals surface area (Å²) in [6, 6.07) is 2.89. The lowest BCUT2D eigenvalue weighted by atomic mass is 9.86. The Balaban J connectivity index is 1.83. The van der Waals surface area contributed by atoms with Gasteiger partial charge in [0.05, 0.1) is 6.61 Å². The van der Waals surface area contributed by atoms with E-state index in [0.29, 0.717) is 12.5 Å². The van der Waals surface area contributed by atoms with Gasteiger partial charge in [0.2, 0.25) is 5.75 Å². The molecule has 3 rings (SSSR count). The van der Waals surface area contributed by atoms with Crippen LogP contribution in [0.1, 0.15) is 43.6 Å². The van der Waals surface area contributed by atoms with Crippen LogP contribution in [0.3, 0.4) is 0 Å². The van der Waals surface area contributed by atoms with E-state index in [9.17, 15) is 17.6 Å². The minimum atomic E-state index is -4.93. The first-order valence-corrected chi connectivity index (χ1v) is 7.15. The largest absolute Gasteiger partial charge is 0.573 e. The van der Waals surface area contributed by atoms with Crippen molar-refractivity contribution < 1.29 is 27.0 Å². The molecule has 2 fully saturated rings. The van der Waals surface area contributed by atoms with Crippen LogP contribution in [0.15, 0.2) is 12.1 Å². The standard InChI is InChI=1S/C15H16F4O2/c16-13-11(10-4-5-10)6-7-12(14(13)21-15(17,18)19)20-8-9-2-1-3-9/h6-7,9-10H,1-5,8H2. The van der Waals surface area contributed by atoms with Gasteiger partial charge in [-0.05, 0) is 49.1 Å². The second kappa shape index (κ2) is 5.39. The Hall–Kier alpha value is -1.46. The van der Waals surface area contributed by atoms with Gasteiger partial charge >= 0.3 is 6.36 Å². The number of halogens is 4. The number of rotatable bonds is 5. The molecule has 0 saturated heterocycles. The van der Waals surface area contributed by atoms with Gasteiger partial charge in [0, 0.05) is 0 Å². The van der Waals surface area contributed by atoms with Crippen LogP contribution in [-0.4, -0.2) is 13.0 Å². The lowest BCUT2D eigenvalue weighted by Gasteiger charge is -2.26. The Morgan fingerprint density at radius 2 is 1.81 bits per heavy atom. The highest BCUT2D eigenvalue weighted by molar-refractivity contribution is 5.46. The van der Waals surface area contributed by atoms with E-state index in [1.807, 2.05) is 0 Å². The number of benzene rings is 1. The third-order valence-corrected chi connectivity index (χ3v) is 4.03. The normalized spacial score (nSPS) is 19.2. The molecule has 116 valence electrons. The second-order valence-corrected chi connectivity index (χ2v) is 5.73. The van der Waals surface area contributed by atoms with Crippen molar-refractivity contribution in [1.29, 1.82) is 0 Å². The number of ether oxygens (including phenoxy) is 2. The summed E-state index contributed by atoms with van der Waals surface area (Å²) in [6.07, 6.45) is -0.238. The maximum Gasteiger partial charge on any atom is 0.573 e. The SMILES string of the molecule is Fc1c(C2CC2)ccc(OCC2CCC2)c1OC(F)(F)F. The van der Waals surface area contributed by atoms with E-state index in [4.69, 9.17) is 4.74 Å². The molecule has 2 aliphatic rings. The Kier molecular flexibility index (Phi) is 3.71. The maximum atomic E-state index is 14.3. The molecular formula is C15H16F4O2. The van der Waals surface area contributed by atoms with E-state index >= 15 is 0 Å². The van der Waals surface area contributed by atoms with Gasteiger partial charge in [-0.25, -0.2) is 4.39 Å². The molecule has 2 aliphatic carbocycles. The fourth-order valence-electron chi connectivity index (χ4n) is 2.45. The molecule has 6 heteroatoms. The maximum absolute atomic E-state index is 14.3. The van der Waals surface area contributed by atoms with Gasteiger partial charge in [-0.1, -0.05) is 12.5 Å².